The Morgan fingerprint density at radius 2 is 2.04 bits per heavy atom. The van der Waals surface area contributed by atoms with E-state index in [1.165, 1.54) is 12.1 Å². The van der Waals surface area contributed by atoms with Gasteiger partial charge in [0.15, 0.2) is 6.61 Å². The first-order valence-corrected chi connectivity index (χ1v) is 7.77. The van der Waals surface area contributed by atoms with E-state index in [0.29, 0.717) is 0 Å². The third kappa shape index (κ3) is 3.60. The van der Waals surface area contributed by atoms with Gasteiger partial charge in [0.2, 0.25) is 0 Å². The molecule has 2 saturated heterocycles. The molecule has 0 aliphatic carbocycles. The molecule has 1 aromatic rings. The number of ether oxygens (including phenoxy) is 1. The molecule has 2 aliphatic heterocycles. The minimum Gasteiger partial charge on any atom is -0.484 e. The normalized spacial score (nSPS) is 24.4. The van der Waals surface area contributed by atoms with Gasteiger partial charge in [0.25, 0.3) is 5.91 Å². The van der Waals surface area contributed by atoms with E-state index in [1.807, 2.05) is 4.90 Å². The van der Waals surface area contributed by atoms with Gasteiger partial charge in [-0.05, 0) is 44.0 Å². The third-order valence-corrected chi connectivity index (χ3v) is 4.47. The van der Waals surface area contributed by atoms with Gasteiger partial charge in [-0.2, -0.15) is 13.2 Å². The fourth-order valence-corrected chi connectivity index (χ4v) is 3.37. The van der Waals surface area contributed by atoms with E-state index < -0.39 is 11.7 Å². The predicted octanol–water partition coefficient (Wildman–Crippen LogP) is 2.44. The number of hydrogen-bond acceptors (Lipinski definition) is 3. The maximum Gasteiger partial charge on any atom is 0.416 e. The summed E-state index contributed by atoms with van der Waals surface area (Å²) in [6, 6.07) is 5.00. The van der Waals surface area contributed by atoms with Crippen LogP contribution >= 0.6 is 0 Å². The van der Waals surface area contributed by atoms with Gasteiger partial charge >= 0.3 is 6.18 Å². The highest BCUT2D eigenvalue weighted by atomic mass is 19.4. The van der Waals surface area contributed by atoms with E-state index in [0.717, 1.165) is 44.5 Å². The van der Waals surface area contributed by atoms with Gasteiger partial charge in [-0.25, -0.2) is 0 Å². The largest absolute Gasteiger partial charge is 0.484 e. The quantitative estimate of drug-likeness (QED) is 0.927. The molecule has 7 heteroatoms. The van der Waals surface area contributed by atoms with Gasteiger partial charge < -0.3 is 15.0 Å². The van der Waals surface area contributed by atoms with Crippen LogP contribution in [-0.2, 0) is 11.0 Å². The van der Waals surface area contributed by atoms with E-state index in [2.05, 4.69) is 5.32 Å². The standard InChI is InChI=1S/C16H19F3N2O2/c17-16(18,19)11-2-1-3-14(8-11)23-10-15(22)21-12-4-5-13(21)9-20-7-6-12/h1-3,8,12-13,20H,4-7,9-10H2. The van der Waals surface area contributed by atoms with Gasteiger partial charge in [-0.3, -0.25) is 4.79 Å². The summed E-state index contributed by atoms with van der Waals surface area (Å²) in [4.78, 5) is 14.3. The van der Waals surface area contributed by atoms with Crippen LogP contribution in [0.25, 0.3) is 0 Å². The first-order chi connectivity index (χ1) is 10.9. The van der Waals surface area contributed by atoms with E-state index in [9.17, 15) is 18.0 Å². The van der Waals surface area contributed by atoms with Crippen molar-refractivity contribution < 1.29 is 22.7 Å². The highest BCUT2D eigenvalue weighted by Gasteiger charge is 2.38. The maximum atomic E-state index is 12.7. The monoisotopic (exact) mass is 328 g/mol. The van der Waals surface area contributed by atoms with Crippen LogP contribution in [0.5, 0.6) is 5.75 Å². The van der Waals surface area contributed by atoms with Crippen molar-refractivity contribution in [2.45, 2.75) is 37.5 Å². The number of carbonyl (C=O) groups excluding carboxylic acids is 1. The van der Waals surface area contributed by atoms with Crippen LogP contribution in [0.1, 0.15) is 24.8 Å². The molecule has 3 rings (SSSR count). The van der Waals surface area contributed by atoms with Crippen LogP contribution in [0.3, 0.4) is 0 Å². The molecule has 23 heavy (non-hydrogen) atoms. The Morgan fingerprint density at radius 1 is 1.26 bits per heavy atom. The van der Waals surface area contributed by atoms with Crippen molar-refractivity contribution in [1.29, 1.82) is 0 Å². The average Bonchev–Trinajstić information content (AvgIpc) is 2.77. The maximum absolute atomic E-state index is 12.7. The minimum atomic E-state index is -4.42. The van der Waals surface area contributed by atoms with Gasteiger partial charge in [-0.15, -0.1) is 0 Å². The topological polar surface area (TPSA) is 41.6 Å². The Labute approximate surface area is 132 Å². The average molecular weight is 328 g/mol. The Hall–Kier alpha value is -1.76. The van der Waals surface area contributed by atoms with Crippen molar-refractivity contribution in [2.75, 3.05) is 19.7 Å². The second-order valence-electron chi connectivity index (χ2n) is 5.99. The summed E-state index contributed by atoms with van der Waals surface area (Å²) < 4.78 is 43.3. The van der Waals surface area contributed by atoms with E-state index in [-0.39, 0.29) is 30.3 Å². The highest BCUT2D eigenvalue weighted by Crippen LogP contribution is 2.31. The number of fused-ring (bicyclic) bond motifs is 2. The molecule has 2 bridgehead atoms. The number of alkyl halides is 3. The lowest BCUT2D eigenvalue weighted by Crippen LogP contribution is -2.44. The Morgan fingerprint density at radius 3 is 2.83 bits per heavy atom. The summed E-state index contributed by atoms with van der Waals surface area (Å²) in [6.07, 6.45) is -1.56. The molecule has 1 amide bonds. The van der Waals surface area contributed by atoms with Gasteiger partial charge in [0, 0.05) is 18.6 Å². The molecule has 1 N–H and O–H groups in total. The summed E-state index contributed by atoms with van der Waals surface area (Å²) in [6.45, 7) is 1.43. The number of rotatable bonds is 3. The second kappa shape index (κ2) is 6.39. The summed E-state index contributed by atoms with van der Waals surface area (Å²) in [5.41, 5.74) is -0.776. The van der Waals surface area contributed by atoms with Gasteiger partial charge in [0.1, 0.15) is 5.75 Å². The van der Waals surface area contributed by atoms with Crippen molar-refractivity contribution in [3.05, 3.63) is 29.8 Å². The zero-order chi connectivity index (χ0) is 16.4. The molecule has 1 aromatic carbocycles. The first kappa shape index (κ1) is 16.1. The molecule has 0 saturated carbocycles. The van der Waals surface area contributed by atoms with Crippen molar-refractivity contribution in [1.82, 2.24) is 10.2 Å². The molecule has 4 nitrogen and oxygen atoms in total. The number of halogens is 3. The van der Waals surface area contributed by atoms with Crippen LogP contribution in [0, 0.1) is 0 Å². The van der Waals surface area contributed by atoms with Gasteiger partial charge in [0.05, 0.1) is 5.56 Å². The van der Waals surface area contributed by atoms with Crippen molar-refractivity contribution in [3.63, 3.8) is 0 Å². The molecule has 2 heterocycles. The number of nitrogens with zero attached hydrogens (tertiary/aromatic N) is 1. The van der Waals surface area contributed by atoms with E-state index in [1.54, 1.807) is 0 Å². The molecule has 0 spiro atoms. The highest BCUT2D eigenvalue weighted by molar-refractivity contribution is 5.79. The van der Waals surface area contributed by atoms with Crippen LogP contribution < -0.4 is 10.1 Å². The van der Waals surface area contributed by atoms with Crippen LogP contribution in [0.2, 0.25) is 0 Å². The smallest absolute Gasteiger partial charge is 0.416 e. The number of benzene rings is 1. The number of nitrogens with one attached hydrogen (secondary N) is 1. The summed E-state index contributed by atoms with van der Waals surface area (Å²) in [7, 11) is 0. The number of amides is 1. The van der Waals surface area contributed by atoms with E-state index in [4.69, 9.17) is 4.74 Å². The fraction of sp³-hybridized carbons (Fsp3) is 0.562. The molecule has 2 fully saturated rings. The molecule has 2 atom stereocenters. The fourth-order valence-electron chi connectivity index (χ4n) is 3.37. The molecule has 126 valence electrons. The summed E-state index contributed by atoms with van der Waals surface area (Å²) >= 11 is 0. The molecular weight excluding hydrogens is 309 g/mol. The van der Waals surface area contributed by atoms with Crippen molar-refractivity contribution >= 4 is 5.91 Å². The van der Waals surface area contributed by atoms with Crippen LogP contribution in [0.15, 0.2) is 24.3 Å². The van der Waals surface area contributed by atoms with Crippen molar-refractivity contribution in [2.24, 2.45) is 0 Å². The molecule has 0 aromatic heterocycles. The van der Waals surface area contributed by atoms with Crippen molar-refractivity contribution in [3.8, 4) is 5.75 Å². The lowest BCUT2D eigenvalue weighted by Gasteiger charge is -2.27. The van der Waals surface area contributed by atoms with Crippen LogP contribution in [0.4, 0.5) is 13.2 Å². The predicted molar refractivity (Wildman–Crippen MR) is 78.1 cm³/mol. The third-order valence-electron chi connectivity index (χ3n) is 4.47. The SMILES string of the molecule is O=C(COc1cccc(C(F)(F)F)c1)N1C2CCNCC1CC2. The zero-order valence-electron chi connectivity index (χ0n) is 12.6. The number of hydrogen-bond donors (Lipinski definition) is 1. The Balaban J connectivity index is 1.63. The molecular formula is C16H19F3N2O2. The Bertz CT molecular complexity index is 563. The number of carbonyl (C=O) groups is 1. The van der Waals surface area contributed by atoms with E-state index >= 15 is 0 Å². The molecule has 0 radical (unpaired) electrons. The summed E-state index contributed by atoms with van der Waals surface area (Å²) in [5, 5.41) is 3.30. The lowest BCUT2D eigenvalue weighted by molar-refractivity contribution is -0.137. The first-order valence-electron chi connectivity index (χ1n) is 7.77. The second-order valence-corrected chi connectivity index (χ2v) is 5.99. The molecule has 2 unspecified atom stereocenters. The zero-order valence-corrected chi connectivity index (χ0v) is 12.6. The molecule has 2 aliphatic rings. The lowest BCUT2D eigenvalue weighted by atomic mass is 10.1. The minimum absolute atomic E-state index is 0.0634. The van der Waals surface area contributed by atoms with Gasteiger partial charge in [-0.1, -0.05) is 6.07 Å². The summed E-state index contributed by atoms with van der Waals surface area (Å²) in [5.74, 6) is -0.0907. The Kier molecular flexibility index (Phi) is 4.48. The van der Waals surface area contributed by atoms with Crippen LogP contribution in [-0.4, -0.2) is 42.6 Å².